The van der Waals surface area contributed by atoms with Gasteiger partial charge in [0.15, 0.2) is 0 Å². The van der Waals surface area contributed by atoms with E-state index in [2.05, 4.69) is 33.1 Å². The smallest absolute Gasteiger partial charge is 0.336 e. The number of fused-ring (bicyclic) bond motifs is 2. The first-order chi connectivity index (χ1) is 16.5. The first kappa shape index (κ1) is 22.4. The molecule has 0 radical (unpaired) electrons. The second-order valence-corrected chi connectivity index (χ2v) is 9.40. The van der Waals surface area contributed by atoms with Crippen molar-refractivity contribution in [2.24, 2.45) is 0 Å². The average molecular weight is 475 g/mol. The number of nitrogens with one attached hydrogen (secondary N) is 1. The van der Waals surface area contributed by atoms with Crippen molar-refractivity contribution >= 4 is 28.2 Å². The fraction of sp³-hybridized carbons (Fsp3) is 0.259. The van der Waals surface area contributed by atoms with Crippen LogP contribution in [0.3, 0.4) is 0 Å². The molecule has 0 saturated heterocycles. The molecular weight excluding hydrogens is 448 g/mol. The Morgan fingerprint density at radius 3 is 2.91 bits per heavy atom. The zero-order valence-corrected chi connectivity index (χ0v) is 19.8. The summed E-state index contributed by atoms with van der Waals surface area (Å²) in [6, 6.07) is 17.3. The van der Waals surface area contributed by atoms with E-state index in [0.29, 0.717) is 24.2 Å². The van der Waals surface area contributed by atoms with Gasteiger partial charge in [0.05, 0.1) is 6.42 Å². The molecule has 0 aliphatic carbocycles. The summed E-state index contributed by atoms with van der Waals surface area (Å²) in [4.78, 5) is 27.0. The zero-order chi connectivity index (χ0) is 23.5. The molecule has 2 aromatic carbocycles. The van der Waals surface area contributed by atoms with Crippen molar-refractivity contribution in [1.29, 1.82) is 0 Å². The van der Waals surface area contributed by atoms with Crippen molar-refractivity contribution in [2.45, 2.75) is 26.0 Å². The fourth-order valence-corrected chi connectivity index (χ4v) is 5.06. The summed E-state index contributed by atoms with van der Waals surface area (Å²) < 4.78 is 11.6. The van der Waals surface area contributed by atoms with E-state index in [4.69, 9.17) is 9.15 Å². The SMILES string of the molecule is Cc1ccc2c(CC(=O)NCCN3Cc4ccccc4O[C@H](c4ccsc4)C3)cc(=O)oc2c1. The van der Waals surface area contributed by atoms with Gasteiger partial charge >= 0.3 is 5.63 Å². The summed E-state index contributed by atoms with van der Waals surface area (Å²) >= 11 is 1.66. The third kappa shape index (κ3) is 5.05. The Bertz CT molecular complexity index is 1360. The van der Waals surface area contributed by atoms with Crippen LogP contribution in [0.5, 0.6) is 5.75 Å². The van der Waals surface area contributed by atoms with Gasteiger partial charge in [-0.15, -0.1) is 0 Å². The Morgan fingerprint density at radius 2 is 2.06 bits per heavy atom. The van der Waals surface area contributed by atoms with Crippen molar-refractivity contribution in [2.75, 3.05) is 19.6 Å². The molecule has 1 atom stereocenters. The standard InChI is InChI=1S/C27H26N2O4S/c1-18-6-7-22-21(14-27(31)33-24(22)12-18)13-26(30)28-9-10-29-15-19-4-2-3-5-23(19)32-25(16-29)20-8-11-34-17-20/h2-8,11-12,14,17,25H,9-10,13,15-16H2,1H3,(H,28,30)/t25-/m0/s1. The topological polar surface area (TPSA) is 71.8 Å². The first-order valence-electron chi connectivity index (χ1n) is 11.3. The van der Waals surface area contributed by atoms with Gasteiger partial charge in [-0.25, -0.2) is 4.79 Å². The largest absolute Gasteiger partial charge is 0.484 e. The molecule has 34 heavy (non-hydrogen) atoms. The molecule has 1 amide bonds. The number of hydrogen-bond acceptors (Lipinski definition) is 6. The molecule has 0 fully saturated rings. The van der Waals surface area contributed by atoms with Crippen LogP contribution in [0.2, 0.25) is 0 Å². The molecule has 5 rings (SSSR count). The highest BCUT2D eigenvalue weighted by atomic mass is 32.1. The average Bonchev–Trinajstić information content (AvgIpc) is 3.27. The third-order valence-corrected chi connectivity index (χ3v) is 6.76. The number of thiophene rings is 1. The maximum Gasteiger partial charge on any atom is 0.336 e. The molecule has 0 spiro atoms. The highest BCUT2D eigenvalue weighted by Crippen LogP contribution is 2.31. The number of para-hydroxylation sites is 1. The summed E-state index contributed by atoms with van der Waals surface area (Å²) in [5.41, 5.74) is 4.06. The minimum absolute atomic E-state index is 0.0519. The van der Waals surface area contributed by atoms with Crippen LogP contribution in [0.4, 0.5) is 0 Å². The number of hydrogen-bond donors (Lipinski definition) is 1. The fourth-order valence-electron chi connectivity index (χ4n) is 4.35. The van der Waals surface area contributed by atoms with E-state index in [-0.39, 0.29) is 18.4 Å². The van der Waals surface area contributed by atoms with E-state index in [9.17, 15) is 9.59 Å². The van der Waals surface area contributed by atoms with Crippen LogP contribution in [0.15, 0.2) is 74.6 Å². The van der Waals surface area contributed by atoms with E-state index < -0.39 is 5.63 Å². The van der Waals surface area contributed by atoms with Gasteiger partial charge in [0.1, 0.15) is 17.4 Å². The number of nitrogens with zero attached hydrogens (tertiary/aromatic N) is 1. The van der Waals surface area contributed by atoms with Crippen molar-refractivity contribution in [3.8, 4) is 5.75 Å². The predicted molar refractivity (Wildman–Crippen MR) is 133 cm³/mol. The lowest BCUT2D eigenvalue weighted by Gasteiger charge is -2.23. The molecule has 1 N–H and O–H groups in total. The Labute approximate surface area is 201 Å². The molecule has 0 unspecified atom stereocenters. The summed E-state index contributed by atoms with van der Waals surface area (Å²) in [5, 5.41) is 8.00. The van der Waals surface area contributed by atoms with Gasteiger partial charge in [-0.05, 0) is 47.0 Å². The van der Waals surface area contributed by atoms with Crippen molar-refractivity contribution in [3.63, 3.8) is 0 Å². The van der Waals surface area contributed by atoms with Crippen molar-refractivity contribution < 1.29 is 13.9 Å². The molecule has 4 aromatic rings. The van der Waals surface area contributed by atoms with Crippen molar-refractivity contribution in [1.82, 2.24) is 10.2 Å². The van der Waals surface area contributed by atoms with Gasteiger partial charge in [-0.2, -0.15) is 11.3 Å². The molecule has 2 aromatic heterocycles. The highest BCUT2D eigenvalue weighted by molar-refractivity contribution is 7.07. The van der Waals surface area contributed by atoms with Crippen LogP contribution >= 0.6 is 11.3 Å². The highest BCUT2D eigenvalue weighted by Gasteiger charge is 2.24. The Kier molecular flexibility index (Phi) is 6.47. The van der Waals surface area contributed by atoms with Gasteiger partial charge in [0.2, 0.25) is 5.91 Å². The van der Waals surface area contributed by atoms with Crippen LogP contribution in [-0.2, 0) is 17.8 Å². The minimum atomic E-state index is -0.441. The van der Waals surface area contributed by atoms with E-state index in [1.165, 1.54) is 11.6 Å². The summed E-state index contributed by atoms with van der Waals surface area (Å²) in [7, 11) is 0. The maximum absolute atomic E-state index is 12.7. The van der Waals surface area contributed by atoms with Gasteiger partial charge < -0.3 is 14.5 Å². The second-order valence-electron chi connectivity index (χ2n) is 8.62. The monoisotopic (exact) mass is 474 g/mol. The molecule has 6 nitrogen and oxygen atoms in total. The van der Waals surface area contributed by atoms with Crippen molar-refractivity contribution in [3.05, 3.63) is 98.0 Å². The van der Waals surface area contributed by atoms with Gasteiger partial charge in [0.25, 0.3) is 0 Å². The number of aryl methyl sites for hydroxylation is 1. The zero-order valence-electron chi connectivity index (χ0n) is 19.0. The molecule has 174 valence electrons. The molecule has 1 aliphatic rings. The number of carbonyl (C=O) groups excluding carboxylic acids is 1. The summed E-state index contributed by atoms with van der Waals surface area (Å²) in [5.74, 6) is 0.795. The number of carbonyl (C=O) groups is 1. The maximum atomic E-state index is 12.7. The van der Waals surface area contributed by atoms with E-state index in [0.717, 1.165) is 35.4 Å². The van der Waals surface area contributed by atoms with Gasteiger partial charge in [0, 0.05) is 48.8 Å². The second kappa shape index (κ2) is 9.83. The lowest BCUT2D eigenvalue weighted by atomic mass is 10.1. The minimum Gasteiger partial charge on any atom is -0.484 e. The van der Waals surface area contributed by atoms with Gasteiger partial charge in [-0.3, -0.25) is 9.69 Å². The van der Waals surface area contributed by atoms with Crippen LogP contribution in [0.25, 0.3) is 11.0 Å². The molecule has 1 aliphatic heterocycles. The van der Waals surface area contributed by atoms with Crippen LogP contribution < -0.4 is 15.7 Å². The van der Waals surface area contributed by atoms with E-state index in [1.807, 2.05) is 43.3 Å². The number of rotatable bonds is 6. The third-order valence-electron chi connectivity index (χ3n) is 6.06. The molecular formula is C27H26N2O4S. The van der Waals surface area contributed by atoms with E-state index >= 15 is 0 Å². The van der Waals surface area contributed by atoms with E-state index in [1.54, 1.807) is 11.3 Å². The lowest BCUT2D eigenvalue weighted by molar-refractivity contribution is -0.120. The normalized spacial score (nSPS) is 16.0. The molecule has 0 saturated carbocycles. The van der Waals surface area contributed by atoms with Crippen LogP contribution in [-0.4, -0.2) is 30.4 Å². The molecule has 7 heteroatoms. The number of amides is 1. The van der Waals surface area contributed by atoms with Crippen LogP contribution in [0, 0.1) is 6.92 Å². The summed E-state index contributed by atoms with van der Waals surface area (Å²) in [6.07, 6.45) is 0.0817. The molecule has 0 bridgehead atoms. The number of benzene rings is 2. The quantitative estimate of drug-likeness (QED) is 0.418. The number of ether oxygens (including phenoxy) is 1. The first-order valence-corrected chi connectivity index (χ1v) is 12.3. The van der Waals surface area contributed by atoms with Crippen LogP contribution in [0.1, 0.15) is 28.4 Å². The summed E-state index contributed by atoms with van der Waals surface area (Å²) in [6.45, 7) is 4.65. The van der Waals surface area contributed by atoms with Gasteiger partial charge in [-0.1, -0.05) is 30.3 Å². The lowest BCUT2D eigenvalue weighted by Crippen LogP contribution is -2.37. The Morgan fingerprint density at radius 1 is 1.18 bits per heavy atom. The molecule has 3 heterocycles. The Balaban J connectivity index is 1.24. The Hall–Kier alpha value is -3.42. The predicted octanol–water partition coefficient (Wildman–Crippen LogP) is 4.46.